The molecule has 0 saturated heterocycles. The summed E-state index contributed by atoms with van der Waals surface area (Å²) in [7, 11) is 0. The predicted molar refractivity (Wildman–Crippen MR) is 235 cm³/mol. The Hall–Kier alpha value is -6.94. The molecule has 11 aromatic rings. The molecule has 0 aliphatic rings. The zero-order chi connectivity index (χ0) is 36.3. The molecular weight excluding hydrogens is 685 g/mol. The van der Waals surface area contributed by atoms with Gasteiger partial charge in [-0.15, -0.1) is 11.3 Å². The first-order valence-corrected chi connectivity index (χ1v) is 19.5. The van der Waals surface area contributed by atoms with Crippen LogP contribution >= 0.6 is 11.3 Å². The summed E-state index contributed by atoms with van der Waals surface area (Å²) in [5, 5.41) is 8.86. The molecule has 0 radical (unpaired) electrons. The van der Waals surface area contributed by atoms with Crippen molar-refractivity contribution in [2.24, 2.45) is 0 Å². The molecule has 0 amide bonds. The summed E-state index contributed by atoms with van der Waals surface area (Å²) in [6.45, 7) is 0. The zero-order valence-corrected chi connectivity index (χ0v) is 30.6. The highest BCUT2D eigenvalue weighted by molar-refractivity contribution is 7.26. The van der Waals surface area contributed by atoms with E-state index in [1.165, 1.54) is 59.3 Å². The molecule has 256 valence electrons. The van der Waals surface area contributed by atoms with Gasteiger partial charge in [0.25, 0.3) is 0 Å². The van der Waals surface area contributed by atoms with E-state index in [1.54, 1.807) is 11.3 Å². The molecule has 2 aromatic heterocycles. The van der Waals surface area contributed by atoms with Crippen molar-refractivity contribution in [1.82, 2.24) is 9.97 Å². The topological polar surface area (TPSA) is 25.8 Å². The van der Waals surface area contributed by atoms with E-state index < -0.39 is 0 Å². The molecular formula is C52H32N2S. The monoisotopic (exact) mass is 716 g/mol. The molecule has 9 aromatic carbocycles. The Bertz CT molecular complexity index is 3220. The van der Waals surface area contributed by atoms with Crippen LogP contribution in [-0.4, -0.2) is 9.97 Å². The standard InChI is InChI=1S/C52H32N2S/c1-3-13-33(14-4-1)38-26-28-48-47(32-38)50-51(55-48)49(34-15-5-2-6-16-34)53-52(54-50)40-20-12-19-37(30-40)35-17-11-18-36(29-35)39-25-27-45-43-23-8-7-21-41(43)42-22-9-10-24-44(42)46(45)31-39/h1-32H. The van der Waals surface area contributed by atoms with Gasteiger partial charge in [0, 0.05) is 21.2 Å². The van der Waals surface area contributed by atoms with E-state index in [0.29, 0.717) is 0 Å². The average molecular weight is 717 g/mol. The van der Waals surface area contributed by atoms with Crippen LogP contribution in [0.15, 0.2) is 194 Å². The Kier molecular flexibility index (Phi) is 7.39. The lowest BCUT2D eigenvalue weighted by Crippen LogP contribution is -1.94. The maximum atomic E-state index is 5.33. The Labute approximate surface area is 322 Å². The summed E-state index contributed by atoms with van der Waals surface area (Å²) in [5.74, 6) is 0.725. The summed E-state index contributed by atoms with van der Waals surface area (Å²) in [5.41, 5.74) is 11.1. The fourth-order valence-corrected chi connectivity index (χ4v) is 9.31. The van der Waals surface area contributed by atoms with Crippen molar-refractivity contribution in [3.63, 3.8) is 0 Å². The molecule has 0 fully saturated rings. The highest BCUT2D eigenvalue weighted by Gasteiger charge is 2.18. The van der Waals surface area contributed by atoms with Crippen LogP contribution in [0.1, 0.15) is 0 Å². The van der Waals surface area contributed by atoms with Gasteiger partial charge >= 0.3 is 0 Å². The number of fused-ring (bicyclic) bond motifs is 9. The first-order chi connectivity index (χ1) is 27.2. The van der Waals surface area contributed by atoms with Gasteiger partial charge in [-0.2, -0.15) is 0 Å². The van der Waals surface area contributed by atoms with E-state index in [2.05, 4.69) is 194 Å². The van der Waals surface area contributed by atoms with Crippen molar-refractivity contribution in [2.75, 3.05) is 0 Å². The van der Waals surface area contributed by atoms with Gasteiger partial charge in [0.2, 0.25) is 0 Å². The maximum Gasteiger partial charge on any atom is 0.160 e. The molecule has 3 heteroatoms. The number of hydrogen-bond acceptors (Lipinski definition) is 3. The van der Waals surface area contributed by atoms with Crippen molar-refractivity contribution in [1.29, 1.82) is 0 Å². The fraction of sp³-hybridized carbons (Fsp3) is 0. The smallest absolute Gasteiger partial charge is 0.160 e. The minimum Gasteiger partial charge on any atom is -0.226 e. The van der Waals surface area contributed by atoms with Crippen molar-refractivity contribution in [3.8, 4) is 56.0 Å². The third-order valence-corrected chi connectivity index (χ3v) is 12.0. The van der Waals surface area contributed by atoms with Crippen LogP contribution in [0.25, 0.3) is 109 Å². The van der Waals surface area contributed by atoms with Crippen molar-refractivity contribution < 1.29 is 0 Å². The molecule has 2 heterocycles. The SMILES string of the molecule is c1ccc(-c2ccc3sc4c(-c5ccccc5)nc(-c5cccc(-c6cccc(-c7ccc8c9ccccc9c9ccccc9c8c7)c6)c5)nc4c3c2)cc1. The van der Waals surface area contributed by atoms with Crippen LogP contribution in [0, 0.1) is 0 Å². The van der Waals surface area contributed by atoms with Gasteiger partial charge in [-0.05, 0) is 96.0 Å². The number of aromatic nitrogens is 2. The van der Waals surface area contributed by atoms with Gasteiger partial charge in [0.1, 0.15) is 0 Å². The minimum atomic E-state index is 0.725. The highest BCUT2D eigenvalue weighted by atomic mass is 32.1. The van der Waals surface area contributed by atoms with Crippen molar-refractivity contribution >= 4 is 64.0 Å². The predicted octanol–water partition coefficient (Wildman–Crippen LogP) is 14.6. The fourth-order valence-electron chi connectivity index (χ4n) is 8.18. The average Bonchev–Trinajstić information content (AvgIpc) is 3.65. The third-order valence-electron chi connectivity index (χ3n) is 10.9. The Morgan fingerprint density at radius 3 is 1.40 bits per heavy atom. The van der Waals surface area contributed by atoms with E-state index in [9.17, 15) is 0 Å². The summed E-state index contributed by atoms with van der Waals surface area (Å²) in [6.07, 6.45) is 0. The number of nitrogens with zero attached hydrogens (tertiary/aromatic N) is 2. The Balaban J connectivity index is 1.03. The second-order valence-electron chi connectivity index (χ2n) is 14.1. The van der Waals surface area contributed by atoms with E-state index in [1.807, 2.05) is 0 Å². The lowest BCUT2D eigenvalue weighted by Gasteiger charge is -2.13. The Morgan fingerprint density at radius 2 is 0.745 bits per heavy atom. The highest BCUT2D eigenvalue weighted by Crippen LogP contribution is 2.42. The summed E-state index contributed by atoms with van der Waals surface area (Å²) >= 11 is 1.77. The molecule has 0 spiro atoms. The van der Waals surface area contributed by atoms with Crippen molar-refractivity contribution in [2.45, 2.75) is 0 Å². The normalized spacial score (nSPS) is 11.6. The van der Waals surface area contributed by atoms with Crippen LogP contribution in [0.5, 0.6) is 0 Å². The minimum absolute atomic E-state index is 0.725. The van der Waals surface area contributed by atoms with Crippen molar-refractivity contribution in [3.05, 3.63) is 194 Å². The van der Waals surface area contributed by atoms with E-state index >= 15 is 0 Å². The third kappa shape index (κ3) is 5.40. The van der Waals surface area contributed by atoms with E-state index in [4.69, 9.17) is 9.97 Å². The molecule has 2 nitrogen and oxygen atoms in total. The molecule has 0 N–H and O–H groups in total. The molecule has 0 aliphatic heterocycles. The Morgan fingerprint density at radius 1 is 0.291 bits per heavy atom. The largest absolute Gasteiger partial charge is 0.226 e. The lowest BCUT2D eigenvalue weighted by atomic mass is 9.91. The molecule has 11 rings (SSSR count). The van der Waals surface area contributed by atoms with Gasteiger partial charge in [0.05, 0.1) is 15.9 Å². The number of hydrogen-bond donors (Lipinski definition) is 0. The maximum absolute atomic E-state index is 5.33. The second kappa shape index (κ2) is 12.9. The van der Waals surface area contributed by atoms with Gasteiger partial charge in [-0.25, -0.2) is 9.97 Å². The number of thiophene rings is 1. The zero-order valence-electron chi connectivity index (χ0n) is 29.8. The van der Waals surface area contributed by atoms with Crippen LogP contribution in [-0.2, 0) is 0 Å². The summed E-state index contributed by atoms with van der Waals surface area (Å²) in [4.78, 5) is 10.6. The molecule has 0 saturated carbocycles. The molecule has 0 aliphatic carbocycles. The molecule has 0 atom stereocenters. The van der Waals surface area contributed by atoms with Gasteiger partial charge in [-0.1, -0.05) is 164 Å². The molecule has 55 heavy (non-hydrogen) atoms. The van der Waals surface area contributed by atoms with Gasteiger partial charge < -0.3 is 0 Å². The molecule has 0 bridgehead atoms. The summed E-state index contributed by atoms with van der Waals surface area (Å²) < 4.78 is 2.31. The second-order valence-corrected chi connectivity index (χ2v) is 15.2. The first-order valence-electron chi connectivity index (χ1n) is 18.6. The number of rotatable bonds is 5. The van der Waals surface area contributed by atoms with Crippen LogP contribution in [0.4, 0.5) is 0 Å². The van der Waals surface area contributed by atoms with Gasteiger partial charge in [0.15, 0.2) is 5.82 Å². The van der Waals surface area contributed by atoms with Crippen LogP contribution in [0.2, 0.25) is 0 Å². The molecule has 0 unspecified atom stereocenters. The lowest BCUT2D eigenvalue weighted by molar-refractivity contribution is 1.24. The van der Waals surface area contributed by atoms with Crippen LogP contribution in [0.3, 0.4) is 0 Å². The summed E-state index contributed by atoms with van der Waals surface area (Å²) in [6, 6.07) is 69.8. The van der Waals surface area contributed by atoms with E-state index in [-0.39, 0.29) is 0 Å². The first kappa shape index (κ1) is 31.6. The van der Waals surface area contributed by atoms with E-state index in [0.717, 1.165) is 49.4 Å². The number of benzene rings is 9. The van der Waals surface area contributed by atoms with Crippen LogP contribution < -0.4 is 0 Å². The quantitative estimate of drug-likeness (QED) is 0.166. The van der Waals surface area contributed by atoms with Gasteiger partial charge in [-0.3, -0.25) is 0 Å².